The van der Waals surface area contributed by atoms with E-state index >= 15 is 0 Å². The molecule has 0 aliphatic heterocycles. The smallest absolute Gasteiger partial charge is 0.164 e. The molecule has 0 aliphatic carbocycles. The quantitative estimate of drug-likeness (QED) is 0.180. The van der Waals surface area contributed by atoms with Crippen molar-refractivity contribution in [2.24, 2.45) is 0 Å². The zero-order valence-electron chi connectivity index (χ0n) is 34.4. The topological polar surface area (TPSA) is 38.7 Å². The van der Waals surface area contributed by atoms with E-state index in [1.807, 2.05) is 84.9 Å². The second-order valence-electron chi connectivity index (χ2n) is 11.4. The molecular weight excluding hydrogens is 583 g/mol. The maximum atomic E-state index is 9.52. The number of aromatic nitrogens is 3. The van der Waals surface area contributed by atoms with Crippen LogP contribution in [0.1, 0.15) is 12.3 Å². The molecule has 1 heterocycles. The van der Waals surface area contributed by atoms with Crippen LogP contribution in [0.4, 0.5) is 0 Å². The van der Waals surface area contributed by atoms with Crippen molar-refractivity contribution < 1.29 is 12.3 Å². The molecule has 9 rings (SSSR count). The number of nitrogens with zero attached hydrogens (tertiary/aromatic N) is 3. The lowest BCUT2D eigenvalue weighted by molar-refractivity contribution is 1.08. The molecule has 0 aliphatic rings. The number of benzene rings is 8. The fourth-order valence-corrected chi connectivity index (χ4v) is 6.14. The van der Waals surface area contributed by atoms with Gasteiger partial charge in [-0.05, 0) is 78.8 Å². The zero-order valence-corrected chi connectivity index (χ0v) is 25.4. The molecule has 0 saturated carbocycles. The third kappa shape index (κ3) is 4.99. The SMILES string of the molecule is [2H]c1c([2H])c([2H])c2c(c1[2H])c([2H])c(-c1nc(-c3ccccc3)nc(-c3cccc(-c4cc(-c5ccccc5)cc5ccccc45)c3)n1)c1c([2H])c([2H])c([2H])c([2H])c12. The second kappa shape index (κ2) is 11.7. The lowest BCUT2D eigenvalue weighted by atomic mass is 9.92. The molecule has 1 aromatic heterocycles. The van der Waals surface area contributed by atoms with Crippen molar-refractivity contribution >= 4 is 32.3 Å². The summed E-state index contributed by atoms with van der Waals surface area (Å²) in [6, 6.07) is 34.9. The highest BCUT2D eigenvalue weighted by molar-refractivity contribution is 6.13. The fraction of sp³-hybridized carbons (Fsp3) is 0. The average Bonchev–Trinajstić information content (AvgIpc) is 3.25. The van der Waals surface area contributed by atoms with Gasteiger partial charge in [-0.25, -0.2) is 15.0 Å². The highest BCUT2D eigenvalue weighted by Crippen LogP contribution is 2.37. The Morgan fingerprint density at radius 1 is 0.354 bits per heavy atom. The molecule has 0 unspecified atom stereocenters. The monoisotopic (exact) mass is 620 g/mol. The Labute approximate surface area is 291 Å². The average molecular weight is 621 g/mol. The van der Waals surface area contributed by atoms with E-state index in [1.165, 1.54) is 0 Å². The third-order valence-corrected chi connectivity index (χ3v) is 8.42. The van der Waals surface area contributed by atoms with Gasteiger partial charge >= 0.3 is 0 Å². The van der Waals surface area contributed by atoms with Crippen molar-refractivity contribution in [1.29, 1.82) is 0 Å². The maximum absolute atomic E-state index is 9.52. The van der Waals surface area contributed by atoms with Crippen molar-refractivity contribution in [3.8, 4) is 56.4 Å². The standard InChI is InChI=1S/C45H29N3/c1-3-14-30(15-4-1)36-27-32-18-7-10-23-38(32)41(29-36)33-20-13-21-35(26-33)44-46-43(31-16-5-2-6-17-31)47-45(48-44)42-28-34-19-8-9-22-37(34)39-24-11-12-25-40(39)42/h1-29H/i8D,9D,11D,12D,19D,22D,24D,25D,28D. The Bertz CT molecular complexity index is 3120. The van der Waals surface area contributed by atoms with Gasteiger partial charge in [-0.2, -0.15) is 0 Å². The van der Waals surface area contributed by atoms with Crippen LogP contribution >= 0.6 is 0 Å². The van der Waals surface area contributed by atoms with E-state index in [-0.39, 0.29) is 44.6 Å². The van der Waals surface area contributed by atoms with Crippen molar-refractivity contribution in [1.82, 2.24) is 15.0 Å². The third-order valence-electron chi connectivity index (χ3n) is 8.42. The normalized spacial score (nSPS) is 14.0. The second-order valence-corrected chi connectivity index (χ2v) is 11.4. The molecule has 3 nitrogen and oxygen atoms in total. The first-order valence-corrected chi connectivity index (χ1v) is 15.5. The molecule has 3 heteroatoms. The molecule has 0 saturated heterocycles. The van der Waals surface area contributed by atoms with Gasteiger partial charge in [0.25, 0.3) is 0 Å². The molecule has 0 fully saturated rings. The molecule has 9 aromatic rings. The number of hydrogen-bond donors (Lipinski definition) is 0. The Kier molecular flexibility index (Phi) is 4.87. The van der Waals surface area contributed by atoms with Gasteiger partial charge < -0.3 is 0 Å². The Morgan fingerprint density at radius 3 is 1.77 bits per heavy atom. The van der Waals surface area contributed by atoms with Gasteiger partial charge in [-0.15, -0.1) is 0 Å². The maximum Gasteiger partial charge on any atom is 0.164 e. The summed E-state index contributed by atoms with van der Waals surface area (Å²) in [5, 5.41) is 1.47. The van der Waals surface area contributed by atoms with E-state index in [9.17, 15) is 1.37 Å². The summed E-state index contributed by atoms with van der Waals surface area (Å²) in [6.07, 6.45) is 0. The van der Waals surface area contributed by atoms with Crippen LogP contribution in [0.15, 0.2) is 176 Å². The molecule has 0 N–H and O–H groups in total. The van der Waals surface area contributed by atoms with Crippen LogP contribution in [0.5, 0.6) is 0 Å². The summed E-state index contributed by atoms with van der Waals surface area (Å²) in [7, 11) is 0. The molecule has 48 heavy (non-hydrogen) atoms. The van der Waals surface area contributed by atoms with Gasteiger partial charge in [-0.1, -0.05) is 151 Å². The van der Waals surface area contributed by atoms with E-state index in [4.69, 9.17) is 25.9 Å². The van der Waals surface area contributed by atoms with Crippen molar-refractivity contribution in [3.05, 3.63) is 176 Å². The Balaban J connectivity index is 1.35. The van der Waals surface area contributed by atoms with E-state index in [0.29, 0.717) is 11.1 Å². The fourth-order valence-electron chi connectivity index (χ4n) is 6.14. The van der Waals surface area contributed by atoms with E-state index < -0.39 is 54.4 Å². The summed E-state index contributed by atoms with van der Waals surface area (Å²) in [5.74, 6) is 0.378. The summed E-state index contributed by atoms with van der Waals surface area (Å²) >= 11 is 0. The predicted molar refractivity (Wildman–Crippen MR) is 200 cm³/mol. The highest BCUT2D eigenvalue weighted by Gasteiger charge is 2.17. The van der Waals surface area contributed by atoms with Crippen LogP contribution in [0.25, 0.3) is 88.7 Å². The highest BCUT2D eigenvalue weighted by atomic mass is 15.0. The summed E-state index contributed by atoms with van der Waals surface area (Å²) in [6.45, 7) is 0. The molecule has 8 aromatic carbocycles. The zero-order chi connectivity index (χ0) is 39.7. The van der Waals surface area contributed by atoms with Crippen LogP contribution in [0, 0.1) is 0 Å². The molecule has 0 bridgehead atoms. The van der Waals surface area contributed by atoms with Gasteiger partial charge in [0, 0.05) is 16.7 Å². The lowest BCUT2D eigenvalue weighted by Crippen LogP contribution is -2.01. The van der Waals surface area contributed by atoms with Crippen LogP contribution in [-0.4, -0.2) is 15.0 Å². The minimum Gasteiger partial charge on any atom is -0.208 e. The lowest BCUT2D eigenvalue weighted by Gasteiger charge is -2.14. The van der Waals surface area contributed by atoms with Crippen molar-refractivity contribution in [2.75, 3.05) is 0 Å². The molecule has 0 spiro atoms. The molecular formula is C45H29N3. The first kappa shape index (κ1) is 19.9. The number of fused-ring (bicyclic) bond motifs is 4. The first-order valence-electron chi connectivity index (χ1n) is 20.0. The van der Waals surface area contributed by atoms with Gasteiger partial charge in [0.15, 0.2) is 17.5 Å². The minimum atomic E-state index is -0.580. The van der Waals surface area contributed by atoms with Crippen LogP contribution in [0.2, 0.25) is 0 Å². The molecule has 0 atom stereocenters. The molecule has 0 amide bonds. The predicted octanol–water partition coefficient (Wildman–Crippen LogP) is 11.7. The van der Waals surface area contributed by atoms with Crippen molar-refractivity contribution in [2.45, 2.75) is 0 Å². The van der Waals surface area contributed by atoms with Crippen molar-refractivity contribution in [3.63, 3.8) is 0 Å². The van der Waals surface area contributed by atoms with Gasteiger partial charge in [-0.3, -0.25) is 0 Å². The molecule has 224 valence electrons. The minimum absolute atomic E-state index is 0.0878. The summed E-state index contributed by atoms with van der Waals surface area (Å²) in [4.78, 5) is 14.6. The van der Waals surface area contributed by atoms with Crippen LogP contribution in [-0.2, 0) is 0 Å². The first-order chi connectivity index (χ1) is 27.5. The number of rotatable bonds is 5. The van der Waals surface area contributed by atoms with Gasteiger partial charge in [0.05, 0.1) is 12.3 Å². The van der Waals surface area contributed by atoms with Crippen LogP contribution in [0.3, 0.4) is 0 Å². The van der Waals surface area contributed by atoms with Crippen LogP contribution < -0.4 is 0 Å². The van der Waals surface area contributed by atoms with Gasteiger partial charge in [0.2, 0.25) is 0 Å². The number of hydrogen-bond acceptors (Lipinski definition) is 3. The summed E-state index contributed by atoms with van der Waals surface area (Å²) in [5.41, 5.74) is 5.15. The largest absolute Gasteiger partial charge is 0.208 e. The van der Waals surface area contributed by atoms with E-state index in [2.05, 4.69) is 36.4 Å². The van der Waals surface area contributed by atoms with E-state index in [0.717, 1.165) is 33.0 Å². The summed E-state index contributed by atoms with van der Waals surface area (Å²) < 4.78 is 79.2. The molecule has 0 radical (unpaired) electrons. The Hall–Kier alpha value is -6.45. The van der Waals surface area contributed by atoms with Gasteiger partial charge in [0.1, 0.15) is 0 Å². The van der Waals surface area contributed by atoms with E-state index in [1.54, 1.807) is 0 Å². The Morgan fingerprint density at radius 2 is 0.958 bits per heavy atom.